The maximum atomic E-state index is 9.08. The lowest BCUT2D eigenvalue weighted by atomic mass is 10.1. The highest BCUT2D eigenvalue weighted by Gasteiger charge is 2.11. The molecule has 0 bridgehead atoms. The predicted molar refractivity (Wildman–Crippen MR) is 113 cm³/mol. The highest BCUT2D eigenvalue weighted by Crippen LogP contribution is 2.21. The van der Waals surface area contributed by atoms with Gasteiger partial charge in [-0.05, 0) is 36.1 Å². The Kier molecular flexibility index (Phi) is 8.34. The number of thiol groups is 1. The van der Waals surface area contributed by atoms with Crippen LogP contribution in [0.25, 0.3) is 12.2 Å². The lowest BCUT2D eigenvalue weighted by Crippen LogP contribution is -2.33. The van der Waals surface area contributed by atoms with Crippen molar-refractivity contribution in [2.75, 3.05) is 30.0 Å². The van der Waals surface area contributed by atoms with Gasteiger partial charge >= 0.3 is 0 Å². The summed E-state index contributed by atoms with van der Waals surface area (Å²) in [6.07, 6.45) is 11.8. The molecule has 1 aromatic carbocycles. The van der Waals surface area contributed by atoms with E-state index >= 15 is 0 Å². The Labute approximate surface area is 167 Å². The van der Waals surface area contributed by atoms with Crippen molar-refractivity contribution in [1.29, 1.82) is 0 Å². The summed E-state index contributed by atoms with van der Waals surface area (Å²) in [6, 6.07) is 13.1. The lowest BCUT2D eigenvalue weighted by Gasteiger charge is -2.17. The molecule has 27 heavy (non-hydrogen) atoms. The van der Waals surface area contributed by atoms with E-state index in [2.05, 4.69) is 83.0 Å². The minimum Gasteiger partial charge on any atom is -0.748 e. The minimum absolute atomic E-state index is 0.604. The van der Waals surface area contributed by atoms with Crippen molar-refractivity contribution in [1.82, 2.24) is 0 Å². The molecule has 2 heterocycles. The average molecular weight is 407 g/mol. The molecule has 0 saturated carbocycles. The molecule has 0 amide bonds. The Morgan fingerprint density at radius 2 is 1.52 bits per heavy atom. The van der Waals surface area contributed by atoms with Gasteiger partial charge in [-0.2, -0.15) is 12.6 Å². The molecule has 0 unspecified atom stereocenters. The summed E-state index contributed by atoms with van der Waals surface area (Å²) in [5.41, 5.74) is 3.82. The fourth-order valence-corrected chi connectivity index (χ4v) is 3.04. The van der Waals surface area contributed by atoms with E-state index in [1.807, 2.05) is 0 Å². The van der Waals surface area contributed by atoms with Crippen LogP contribution in [0.5, 0.6) is 0 Å². The number of pyridine rings is 1. The number of benzene rings is 1. The molecule has 1 aliphatic rings. The van der Waals surface area contributed by atoms with Gasteiger partial charge in [0.25, 0.3) is 0 Å². The predicted octanol–water partition coefficient (Wildman–Crippen LogP) is 2.84. The Morgan fingerprint density at radius 1 is 1.04 bits per heavy atom. The molecular weight excluding hydrogens is 380 g/mol. The number of aromatic nitrogens is 1. The normalized spacial score (nSPS) is 14.3. The Balaban J connectivity index is 0.000000465. The van der Waals surface area contributed by atoms with E-state index in [-0.39, 0.29) is 0 Å². The molecule has 0 aliphatic carbocycles. The fraction of sp³-hybridized carbons (Fsp3) is 0.350. The zero-order valence-corrected chi connectivity index (χ0v) is 17.2. The first-order valence-corrected chi connectivity index (χ1v) is 11.3. The van der Waals surface area contributed by atoms with Crippen LogP contribution in [0.3, 0.4) is 0 Å². The molecule has 1 fully saturated rings. The Hall–Kier alpha value is -1.83. The largest absolute Gasteiger partial charge is 0.748 e. The number of aryl methyl sites for hydroxylation is 1. The standard InChI is InChI=1S/C19H22N2S.CH4O3S/c22-16-15-20-13-9-18(10-14-20)4-3-17-5-7-19(8-6-17)21-11-1-2-12-21;1-5(2,3)4/h3-10,13-14H,1-2,11-12,15-16H2;1H3,(H,2,3,4). The van der Waals surface area contributed by atoms with Gasteiger partial charge in [0.15, 0.2) is 18.9 Å². The molecule has 2 aromatic rings. The second-order valence-electron chi connectivity index (χ2n) is 6.42. The van der Waals surface area contributed by atoms with Crippen LogP contribution in [0, 0.1) is 0 Å². The maximum Gasteiger partial charge on any atom is 0.169 e. The summed E-state index contributed by atoms with van der Waals surface area (Å²) in [5, 5.41) is 0. The van der Waals surface area contributed by atoms with Crippen molar-refractivity contribution < 1.29 is 17.5 Å². The van der Waals surface area contributed by atoms with Crippen molar-refractivity contribution in [3.8, 4) is 0 Å². The van der Waals surface area contributed by atoms with Gasteiger partial charge in [-0.15, -0.1) is 0 Å². The molecule has 5 nitrogen and oxygen atoms in total. The summed E-state index contributed by atoms with van der Waals surface area (Å²) in [4.78, 5) is 2.46. The SMILES string of the molecule is CS(=O)(=O)[O-].SCC[n+]1ccc(C=Cc2ccc(N3CCCC3)cc2)cc1. The lowest BCUT2D eigenvalue weighted by molar-refractivity contribution is -0.692. The zero-order valence-electron chi connectivity index (χ0n) is 15.5. The molecule has 1 saturated heterocycles. The first-order chi connectivity index (χ1) is 12.8. The third kappa shape index (κ3) is 8.60. The van der Waals surface area contributed by atoms with E-state index in [1.54, 1.807) is 0 Å². The summed E-state index contributed by atoms with van der Waals surface area (Å²) < 4.78 is 29.4. The number of nitrogens with zero attached hydrogens (tertiary/aromatic N) is 2. The molecule has 0 atom stereocenters. The van der Waals surface area contributed by atoms with Gasteiger partial charge in [0.1, 0.15) is 0 Å². The van der Waals surface area contributed by atoms with Crippen LogP contribution in [0.2, 0.25) is 0 Å². The number of hydrogen-bond acceptors (Lipinski definition) is 5. The monoisotopic (exact) mass is 406 g/mol. The van der Waals surface area contributed by atoms with Gasteiger partial charge in [0.05, 0.1) is 10.1 Å². The van der Waals surface area contributed by atoms with E-state index in [4.69, 9.17) is 13.0 Å². The first-order valence-electron chi connectivity index (χ1n) is 8.89. The molecular formula is C20H26N2O3S2. The molecule has 1 aliphatic heterocycles. The highest BCUT2D eigenvalue weighted by atomic mass is 32.2. The molecule has 1 aromatic heterocycles. The summed E-state index contributed by atoms with van der Waals surface area (Å²) in [7, 11) is -3.92. The third-order valence-electron chi connectivity index (χ3n) is 4.11. The van der Waals surface area contributed by atoms with Crippen LogP contribution in [0.15, 0.2) is 48.8 Å². The second-order valence-corrected chi connectivity index (χ2v) is 8.27. The number of hydrogen-bond donors (Lipinski definition) is 1. The van der Waals surface area contributed by atoms with Crippen LogP contribution in [0.1, 0.15) is 24.0 Å². The molecule has 0 spiro atoms. The van der Waals surface area contributed by atoms with Crippen molar-refractivity contribution in [2.24, 2.45) is 0 Å². The minimum atomic E-state index is -3.92. The van der Waals surface area contributed by atoms with Crippen LogP contribution >= 0.6 is 12.6 Å². The van der Waals surface area contributed by atoms with Gasteiger partial charge in [-0.1, -0.05) is 24.3 Å². The topological polar surface area (TPSA) is 64.3 Å². The van der Waals surface area contributed by atoms with Crippen molar-refractivity contribution in [3.05, 3.63) is 59.9 Å². The van der Waals surface area contributed by atoms with Gasteiger partial charge in [-0.3, -0.25) is 0 Å². The number of anilines is 1. The fourth-order valence-electron chi connectivity index (χ4n) is 2.81. The quantitative estimate of drug-likeness (QED) is 0.471. The first kappa shape index (κ1) is 21.5. The Bertz CT molecular complexity index is 819. The van der Waals surface area contributed by atoms with Crippen LogP contribution in [0.4, 0.5) is 5.69 Å². The highest BCUT2D eigenvalue weighted by molar-refractivity contribution is 7.84. The Morgan fingerprint density at radius 3 is 2.00 bits per heavy atom. The van der Waals surface area contributed by atoms with Gasteiger partial charge in [0.2, 0.25) is 0 Å². The summed E-state index contributed by atoms with van der Waals surface area (Å²) >= 11 is 4.25. The summed E-state index contributed by atoms with van der Waals surface area (Å²) in [5.74, 6) is 0.864. The van der Waals surface area contributed by atoms with E-state index in [1.165, 1.54) is 42.7 Å². The zero-order chi connectivity index (χ0) is 19.7. The van der Waals surface area contributed by atoms with Crippen molar-refractivity contribution in [2.45, 2.75) is 19.4 Å². The molecule has 0 N–H and O–H groups in total. The van der Waals surface area contributed by atoms with Crippen molar-refractivity contribution in [3.63, 3.8) is 0 Å². The maximum absolute atomic E-state index is 9.08. The van der Waals surface area contributed by atoms with Crippen LogP contribution in [-0.2, 0) is 16.7 Å². The van der Waals surface area contributed by atoms with Gasteiger partial charge in [-0.25, -0.2) is 13.0 Å². The number of rotatable bonds is 5. The summed E-state index contributed by atoms with van der Waals surface area (Å²) in [6.45, 7) is 3.35. The van der Waals surface area contributed by atoms with E-state index in [0.29, 0.717) is 6.26 Å². The van der Waals surface area contributed by atoms with E-state index < -0.39 is 10.1 Å². The molecule has 3 rings (SSSR count). The molecule has 0 radical (unpaired) electrons. The molecule has 146 valence electrons. The van der Waals surface area contributed by atoms with Crippen LogP contribution in [-0.4, -0.2) is 38.1 Å². The molecule has 7 heteroatoms. The van der Waals surface area contributed by atoms with E-state index in [0.717, 1.165) is 12.3 Å². The van der Waals surface area contributed by atoms with Crippen molar-refractivity contribution >= 4 is 40.6 Å². The smallest absolute Gasteiger partial charge is 0.169 e. The second kappa shape index (κ2) is 10.5. The van der Waals surface area contributed by atoms with Gasteiger partial charge < -0.3 is 9.45 Å². The van der Waals surface area contributed by atoms with E-state index in [9.17, 15) is 0 Å². The average Bonchev–Trinajstić information content (AvgIpc) is 3.15. The third-order valence-corrected chi connectivity index (χ3v) is 4.31. The van der Waals surface area contributed by atoms with Gasteiger partial charge in [0, 0.05) is 42.9 Å². The van der Waals surface area contributed by atoms with Crippen LogP contribution < -0.4 is 9.47 Å².